The van der Waals surface area contributed by atoms with E-state index in [1.165, 1.54) is 0 Å². The topological polar surface area (TPSA) is 27.7 Å². The molecular formula is C14H30O3Si. The molecule has 0 aliphatic heterocycles. The van der Waals surface area contributed by atoms with E-state index in [1.54, 1.807) is 0 Å². The van der Waals surface area contributed by atoms with Crippen molar-refractivity contribution in [2.75, 3.05) is 19.8 Å². The standard InChI is InChI=1S/C14H30O3Si/c1-6-11-14(5)12-10-13-18(15-7-2,16-8-3)17-9-4/h6,11,14H,7-10,12-13H2,1-5H3. The van der Waals surface area contributed by atoms with Crippen molar-refractivity contribution in [2.45, 2.75) is 53.5 Å². The van der Waals surface area contributed by atoms with Gasteiger partial charge in [0.1, 0.15) is 0 Å². The number of rotatable bonds is 11. The van der Waals surface area contributed by atoms with Crippen LogP contribution in [0.25, 0.3) is 0 Å². The fraction of sp³-hybridized carbons (Fsp3) is 0.857. The van der Waals surface area contributed by atoms with Crippen LogP contribution in [0, 0.1) is 5.92 Å². The lowest BCUT2D eigenvalue weighted by Crippen LogP contribution is -2.45. The monoisotopic (exact) mass is 274 g/mol. The predicted molar refractivity (Wildman–Crippen MR) is 78.7 cm³/mol. The quantitative estimate of drug-likeness (QED) is 0.420. The van der Waals surface area contributed by atoms with Crippen LogP contribution in [-0.2, 0) is 13.3 Å². The van der Waals surface area contributed by atoms with Gasteiger partial charge in [-0.2, -0.15) is 0 Å². The first kappa shape index (κ1) is 17.8. The minimum absolute atomic E-state index is 0.617. The van der Waals surface area contributed by atoms with Crippen molar-refractivity contribution in [1.29, 1.82) is 0 Å². The molecule has 0 spiro atoms. The Bertz CT molecular complexity index is 202. The fourth-order valence-electron chi connectivity index (χ4n) is 2.07. The van der Waals surface area contributed by atoms with Crippen LogP contribution in [0.2, 0.25) is 6.04 Å². The van der Waals surface area contributed by atoms with Gasteiger partial charge in [-0.15, -0.1) is 0 Å². The van der Waals surface area contributed by atoms with Crippen molar-refractivity contribution in [1.82, 2.24) is 0 Å². The van der Waals surface area contributed by atoms with Gasteiger partial charge in [0.2, 0.25) is 0 Å². The number of hydrogen-bond donors (Lipinski definition) is 0. The Balaban J connectivity index is 4.28. The molecule has 0 aromatic heterocycles. The minimum Gasteiger partial charge on any atom is -0.374 e. The third kappa shape index (κ3) is 7.31. The summed E-state index contributed by atoms with van der Waals surface area (Å²) in [6.07, 6.45) is 6.61. The Morgan fingerprint density at radius 1 is 1.00 bits per heavy atom. The van der Waals surface area contributed by atoms with E-state index < -0.39 is 8.80 Å². The van der Waals surface area contributed by atoms with Gasteiger partial charge in [-0.3, -0.25) is 0 Å². The molecule has 0 aromatic carbocycles. The highest BCUT2D eigenvalue weighted by Crippen LogP contribution is 2.21. The molecule has 0 aliphatic rings. The van der Waals surface area contributed by atoms with Crippen molar-refractivity contribution < 1.29 is 13.3 Å². The van der Waals surface area contributed by atoms with E-state index >= 15 is 0 Å². The van der Waals surface area contributed by atoms with E-state index in [0.717, 1.165) is 18.9 Å². The molecule has 0 saturated heterocycles. The van der Waals surface area contributed by atoms with Crippen LogP contribution < -0.4 is 0 Å². The molecule has 0 N–H and O–H groups in total. The second-order valence-corrected chi connectivity index (χ2v) is 7.11. The first-order chi connectivity index (χ1) is 8.64. The molecule has 0 saturated carbocycles. The molecule has 1 unspecified atom stereocenters. The summed E-state index contributed by atoms with van der Waals surface area (Å²) in [6, 6.07) is 0.921. The molecule has 0 amide bonds. The maximum Gasteiger partial charge on any atom is 0.500 e. The highest BCUT2D eigenvalue weighted by molar-refractivity contribution is 6.60. The van der Waals surface area contributed by atoms with Crippen LogP contribution in [0.1, 0.15) is 47.5 Å². The van der Waals surface area contributed by atoms with E-state index in [9.17, 15) is 0 Å². The lowest BCUT2D eigenvalue weighted by Gasteiger charge is -2.28. The molecule has 0 aliphatic carbocycles. The summed E-state index contributed by atoms with van der Waals surface area (Å²) >= 11 is 0. The fourth-order valence-corrected chi connectivity index (χ4v) is 4.71. The summed E-state index contributed by atoms with van der Waals surface area (Å²) in [5.74, 6) is 0.617. The Morgan fingerprint density at radius 3 is 1.89 bits per heavy atom. The molecule has 4 heteroatoms. The second-order valence-electron chi connectivity index (χ2n) is 4.38. The SMILES string of the molecule is CC=CC(C)CCC[Si](OCC)(OCC)OCC. The minimum atomic E-state index is -2.41. The Hall–Kier alpha value is -0.163. The summed E-state index contributed by atoms with van der Waals surface area (Å²) in [5.41, 5.74) is 0. The summed E-state index contributed by atoms with van der Waals surface area (Å²) in [4.78, 5) is 0. The maximum absolute atomic E-state index is 5.83. The molecule has 1 atom stereocenters. The van der Waals surface area contributed by atoms with Crippen molar-refractivity contribution in [3.63, 3.8) is 0 Å². The highest BCUT2D eigenvalue weighted by Gasteiger charge is 2.39. The molecule has 0 radical (unpaired) electrons. The molecule has 0 heterocycles. The van der Waals surface area contributed by atoms with Crippen LogP contribution in [0.4, 0.5) is 0 Å². The predicted octanol–water partition coefficient (Wildman–Crippen LogP) is 4.03. The first-order valence-corrected chi connectivity index (χ1v) is 9.11. The van der Waals surface area contributed by atoms with Gasteiger partial charge < -0.3 is 13.3 Å². The van der Waals surface area contributed by atoms with Gasteiger partial charge in [0.15, 0.2) is 0 Å². The van der Waals surface area contributed by atoms with E-state index in [-0.39, 0.29) is 0 Å². The Morgan fingerprint density at radius 2 is 1.50 bits per heavy atom. The summed E-state index contributed by atoms with van der Waals surface area (Å²) in [5, 5.41) is 0. The largest absolute Gasteiger partial charge is 0.500 e. The normalized spacial score (nSPS) is 14.3. The number of hydrogen-bond acceptors (Lipinski definition) is 3. The average molecular weight is 274 g/mol. The maximum atomic E-state index is 5.83. The molecule has 18 heavy (non-hydrogen) atoms. The third-order valence-electron chi connectivity index (χ3n) is 2.76. The van der Waals surface area contributed by atoms with Crippen LogP contribution in [0.3, 0.4) is 0 Å². The molecule has 0 aromatic rings. The zero-order chi connectivity index (χ0) is 13.9. The van der Waals surface area contributed by atoms with E-state index in [4.69, 9.17) is 13.3 Å². The van der Waals surface area contributed by atoms with Gasteiger partial charge in [0.05, 0.1) is 0 Å². The van der Waals surface area contributed by atoms with Gasteiger partial charge in [-0.1, -0.05) is 19.1 Å². The second kappa shape index (κ2) is 10.7. The van der Waals surface area contributed by atoms with Crippen molar-refractivity contribution in [3.8, 4) is 0 Å². The van der Waals surface area contributed by atoms with Gasteiger partial charge >= 0.3 is 8.80 Å². The van der Waals surface area contributed by atoms with Crippen molar-refractivity contribution >= 4 is 8.80 Å². The highest BCUT2D eigenvalue weighted by atomic mass is 28.4. The molecular weight excluding hydrogens is 244 g/mol. The van der Waals surface area contributed by atoms with E-state index in [2.05, 4.69) is 26.0 Å². The first-order valence-electron chi connectivity index (χ1n) is 7.18. The van der Waals surface area contributed by atoms with Gasteiger partial charge in [-0.05, 0) is 46.5 Å². The molecule has 108 valence electrons. The third-order valence-corrected chi connectivity index (χ3v) is 5.91. The lowest BCUT2D eigenvalue weighted by atomic mass is 10.1. The molecule has 0 fully saturated rings. The van der Waals surface area contributed by atoms with Gasteiger partial charge in [0, 0.05) is 25.9 Å². The summed E-state index contributed by atoms with van der Waals surface area (Å²) in [7, 11) is -2.41. The van der Waals surface area contributed by atoms with E-state index in [1.807, 2.05) is 20.8 Å². The summed E-state index contributed by atoms with van der Waals surface area (Å²) < 4.78 is 17.5. The van der Waals surface area contributed by atoms with E-state index in [0.29, 0.717) is 25.7 Å². The van der Waals surface area contributed by atoms with Gasteiger partial charge in [-0.25, -0.2) is 0 Å². The van der Waals surface area contributed by atoms with Crippen LogP contribution in [0.5, 0.6) is 0 Å². The average Bonchev–Trinajstić information content (AvgIpc) is 2.30. The van der Waals surface area contributed by atoms with Gasteiger partial charge in [0.25, 0.3) is 0 Å². The zero-order valence-electron chi connectivity index (χ0n) is 12.7. The lowest BCUT2D eigenvalue weighted by molar-refractivity contribution is 0.0705. The molecule has 3 nitrogen and oxygen atoms in total. The van der Waals surface area contributed by atoms with Crippen LogP contribution in [0.15, 0.2) is 12.2 Å². The number of allylic oxidation sites excluding steroid dienone is 2. The molecule has 0 bridgehead atoms. The van der Waals surface area contributed by atoms with Crippen LogP contribution in [-0.4, -0.2) is 28.6 Å². The van der Waals surface area contributed by atoms with Crippen molar-refractivity contribution in [3.05, 3.63) is 12.2 Å². The smallest absolute Gasteiger partial charge is 0.374 e. The van der Waals surface area contributed by atoms with Crippen molar-refractivity contribution in [2.24, 2.45) is 5.92 Å². The zero-order valence-corrected chi connectivity index (χ0v) is 13.7. The Labute approximate surface area is 114 Å². The van der Waals surface area contributed by atoms with Crippen LogP contribution >= 0.6 is 0 Å². The molecule has 0 rings (SSSR count). The summed E-state index contributed by atoms with van der Waals surface area (Å²) in [6.45, 7) is 12.3. The Kier molecular flexibility index (Phi) is 10.6.